The molecule has 0 spiro atoms. The van der Waals surface area contributed by atoms with Gasteiger partial charge in [0.15, 0.2) is 0 Å². The van der Waals surface area contributed by atoms with Crippen molar-refractivity contribution < 1.29 is 17.9 Å². The van der Waals surface area contributed by atoms with E-state index in [-0.39, 0.29) is 23.0 Å². The standard InChI is InChI=1S/C19H21BrN2O4S/c1-13-11-22(12-14(2)26-13)27(24,25)18-8-6-17(7-9-18)21-19(23)15-4-3-5-16(20)10-15/h3-10,13-14H,11-12H2,1-2H3,(H,21,23). The van der Waals surface area contributed by atoms with Crippen LogP contribution in [0, 0.1) is 0 Å². The summed E-state index contributed by atoms with van der Waals surface area (Å²) in [5.41, 5.74) is 1.04. The number of morpholine rings is 1. The van der Waals surface area contributed by atoms with E-state index >= 15 is 0 Å². The van der Waals surface area contributed by atoms with Crippen LogP contribution in [-0.4, -0.2) is 43.9 Å². The Kier molecular flexibility index (Phi) is 6.00. The van der Waals surface area contributed by atoms with Gasteiger partial charge in [-0.15, -0.1) is 0 Å². The number of sulfonamides is 1. The highest BCUT2D eigenvalue weighted by Crippen LogP contribution is 2.23. The van der Waals surface area contributed by atoms with Gasteiger partial charge in [-0.1, -0.05) is 22.0 Å². The quantitative estimate of drug-likeness (QED) is 0.769. The molecule has 1 heterocycles. The van der Waals surface area contributed by atoms with E-state index < -0.39 is 10.0 Å². The summed E-state index contributed by atoms with van der Waals surface area (Å²) in [6.07, 6.45) is -0.292. The number of carbonyl (C=O) groups is 1. The maximum Gasteiger partial charge on any atom is 0.255 e. The summed E-state index contributed by atoms with van der Waals surface area (Å²) in [6.45, 7) is 4.37. The van der Waals surface area contributed by atoms with Crippen LogP contribution in [0.4, 0.5) is 5.69 Å². The molecule has 0 aromatic heterocycles. The summed E-state index contributed by atoms with van der Waals surface area (Å²) in [5.74, 6) is -0.261. The molecule has 3 rings (SSSR count). The van der Waals surface area contributed by atoms with E-state index in [9.17, 15) is 13.2 Å². The fourth-order valence-corrected chi connectivity index (χ4v) is 5.01. The molecule has 8 heteroatoms. The zero-order chi connectivity index (χ0) is 19.6. The van der Waals surface area contributed by atoms with Crippen LogP contribution in [0.2, 0.25) is 0 Å². The van der Waals surface area contributed by atoms with Crippen molar-refractivity contribution in [2.45, 2.75) is 31.0 Å². The SMILES string of the molecule is CC1CN(S(=O)(=O)c2ccc(NC(=O)c3cccc(Br)c3)cc2)CC(C)O1. The zero-order valence-electron chi connectivity index (χ0n) is 15.1. The van der Waals surface area contributed by atoms with Crippen LogP contribution < -0.4 is 5.32 Å². The van der Waals surface area contributed by atoms with E-state index in [2.05, 4.69) is 21.2 Å². The molecule has 1 saturated heterocycles. The highest BCUT2D eigenvalue weighted by Gasteiger charge is 2.32. The lowest BCUT2D eigenvalue weighted by molar-refractivity contribution is -0.0440. The van der Waals surface area contributed by atoms with Gasteiger partial charge in [0.25, 0.3) is 5.91 Å². The van der Waals surface area contributed by atoms with Gasteiger partial charge < -0.3 is 10.1 Å². The number of amides is 1. The number of nitrogens with zero attached hydrogens (tertiary/aromatic N) is 1. The lowest BCUT2D eigenvalue weighted by atomic mass is 10.2. The van der Waals surface area contributed by atoms with E-state index in [0.29, 0.717) is 24.3 Å². The second-order valence-electron chi connectivity index (χ2n) is 6.57. The van der Waals surface area contributed by atoms with Crippen molar-refractivity contribution >= 4 is 37.5 Å². The van der Waals surface area contributed by atoms with Gasteiger partial charge in [-0.3, -0.25) is 4.79 Å². The molecule has 1 aliphatic rings. The Hall–Kier alpha value is -1.74. The van der Waals surface area contributed by atoms with E-state index in [4.69, 9.17) is 4.74 Å². The van der Waals surface area contributed by atoms with Crippen molar-refractivity contribution in [2.24, 2.45) is 0 Å². The van der Waals surface area contributed by atoms with Gasteiger partial charge in [0.2, 0.25) is 10.0 Å². The third kappa shape index (κ3) is 4.76. The first-order chi connectivity index (χ1) is 12.8. The van der Waals surface area contributed by atoms with Crippen molar-refractivity contribution in [2.75, 3.05) is 18.4 Å². The molecule has 27 heavy (non-hydrogen) atoms. The molecule has 1 N–H and O–H groups in total. The summed E-state index contributed by atoms with van der Waals surface area (Å²) in [6, 6.07) is 13.2. The maximum atomic E-state index is 12.8. The molecule has 0 saturated carbocycles. The molecule has 144 valence electrons. The molecule has 0 radical (unpaired) electrons. The van der Waals surface area contributed by atoms with E-state index in [1.807, 2.05) is 19.9 Å². The first kappa shape index (κ1) is 20.0. The van der Waals surface area contributed by atoms with Crippen LogP contribution in [0.5, 0.6) is 0 Å². The fraction of sp³-hybridized carbons (Fsp3) is 0.316. The van der Waals surface area contributed by atoms with Gasteiger partial charge in [0.05, 0.1) is 17.1 Å². The Labute approximate surface area is 167 Å². The van der Waals surface area contributed by atoms with Crippen LogP contribution in [0.25, 0.3) is 0 Å². The molecule has 2 unspecified atom stereocenters. The topological polar surface area (TPSA) is 75.7 Å². The molecule has 6 nitrogen and oxygen atoms in total. The molecule has 2 aromatic carbocycles. The van der Waals surface area contributed by atoms with Crippen LogP contribution >= 0.6 is 15.9 Å². The fourth-order valence-electron chi connectivity index (χ4n) is 3.02. The molecular weight excluding hydrogens is 432 g/mol. The molecule has 1 fully saturated rings. The van der Waals surface area contributed by atoms with Crippen molar-refractivity contribution in [3.8, 4) is 0 Å². The average Bonchev–Trinajstić information content (AvgIpc) is 2.61. The molecule has 1 amide bonds. The summed E-state index contributed by atoms with van der Waals surface area (Å²) >= 11 is 3.33. The van der Waals surface area contributed by atoms with Gasteiger partial charge in [-0.05, 0) is 56.3 Å². The number of anilines is 1. The summed E-state index contributed by atoms with van der Waals surface area (Å²) < 4.78 is 33.6. The lowest BCUT2D eigenvalue weighted by Gasteiger charge is -2.34. The average molecular weight is 453 g/mol. The van der Waals surface area contributed by atoms with Gasteiger partial charge in [-0.2, -0.15) is 4.31 Å². The Bertz CT molecular complexity index is 921. The number of ether oxygens (including phenoxy) is 1. The number of benzene rings is 2. The van der Waals surface area contributed by atoms with Crippen LogP contribution in [0.3, 0.4) is 0 Å². The first-order valence-corrected chi connectivity index (χ1v) is 10.8. The normalized spacial score (nSPS) is 21.0. The number of carbonyl (C=O) groups excluding carboxylic acids is 1. The lowest BCUT2D eigenvalue weighted by Crippen LogP contribution is -2.48. The predicted molar refractivity (Wildman–Crippen MR) is 107 cm³/mol. The van der Waals surface area contributed by atoms with Crippen LogP contribution in [-0.2, 0) is 14.8 Å². The Morgan fingerprint density at radius 3 is 2.33 bits per heavy atom. The van der Waals surface area contributed by atoms with Gasteiger partial charge >= 0.3 is 0 Å². The molecular formula is C19H21BrN2O4S. The highest BCUT2D eigenvalue weighted by molar-refractivity contribution is 9.10. The van der Waals surface area contributed by atoms with E-state index in [1.54, 1.807) is 30.3 Å². The number of hydrogen-bond acceptors (Lipinski definition) is 4. The minimum Gasteiger partial charge on any atom is -0.373 e. The minimum absolute atomic E-state index is 0.146. The zero-order valence-corrected chi connectivity index (χ0v) is 17.5. The summed E-state index contributed by atoms with van der Waals surface area (Å²) in [7, 11) is -3.60. The molecule has 2 atom stereocenters. The second-order valence-corrected chi connectivity index (χ2v) is 9.42. The van der Waals surface area contributed by atoms with Gasteiger partial charge in [0, 0.05) is 28.8 Å². The van der Waals surface area contributed by atoms with Gasteiger partial charge in [0.1, 0.15) is 0 Å². The Morgan fingerprint density at radius 2 is 1.74 bits per heavy atom. The largest absolute Gasteiger partial charge is 0.373 e. The minimum atomic E-state index is -3.60. The van der Waals surface area contributed by atoms with Crippen LogP contribution in [0.1, 0.15) is 24.2 Å². The Balaban J connectivity index is 1.74. The monoisotopic (exact) mass is 452 g/mol. The molecule has 0 aliphatic carbocycles. The summed E-state index contributed by atoms with van der Waals surface area (Å²) in [5, 5.41) is 2.77. The van der Waals surface area contributed by atoms with E-state index in [0.717, 1.165) is 4.47 Å². The molecule has 0 bridgehead atoms. The predicted octanol–water partition coefficient (Wildman–Crippen LogP) is 3.50. The second kappa shape index (κ2) is 8.10. The number of nitrogens with one attached hydrogen (secondary N) is 1. The van der Waals surface area contributed by atoms with Gasteiger partial charge in [-0.25, -0.2) is 8.42 Å². The summed E-state index contributed by atoms with van der Waals surface area (Å²) in [4.78, 5) is 12.5. The van der Waals surface area contributed by atoms with E-state index in [1.165, 1.54) is 16.4 Å². The highest BCUT2D eigenvalue weighted by atomic mass is 79.9. The third-order valence-corrected chi connectivity index (χ3v) is 6.56. The number of hydrogen-bond donors (Lipinski definition) is 1. The third-order valence-electron chi connectivity index (χ3n) is 4.22. The molecule has 2 aromatic rings. The van der Waals surface area contributed by atoms with Crippen molar-refractivity contribution in [3.05, 3.63) is 58.6 Å². The smallest absolute Gasteiger partial charge is 0.255 e. The van der Waals surface area contributed by atoms with Crippen molar-refractivity contribution in [1.29, 1.82) is 0 Å². The number of halogens is 1. The number of rotatable bonds is 4. The maximum absolute atomic E-state index is 12.8. The Morgan fingerprint density at radius 1 is 1.11 bits per heavy atom. The molecule has 1 aliphatic heterocycles. The van der Waals surface area contributed by atoms with Crippen molar-refractivity contribution in [3.63, 3.8) is 0 Å². The first-order valence-electron chi connectivity index (χ1n) is 8.58. The van der Waals surface area contributed by atoms with Crippen LogP contribution in [0.15, 0.2) is 57.9 Å². The van der Waals surface area contributed by atoms with Crippen molar-refractivity contribution in [1.82, 2.24) is 4.31 Å².